The summed E-state index contributed by atoms with van der Waals surface area (Å²) in [5, 5.41) is 3.41. The third-order valence-electron chi connectivity index (χ3n) is 5.29. The first-order valence-corrected chi connectivity index (χ1v) is 10.8. The van der Waals surface area contributed by atoms with Crippen LogP contribution in [-0.4, -0.2) is 50.6 Å². The zero-order valence-electron chi connectivity index (χ0n) is 15.8. The molecular weight excluding hydrogens is 393 g/mol. The molecule has 2 unspecified atom stereocenters. The fourth-order valence-corrected chi connectivity index (χ4v) is 4.76. The van der Waals surface area contributed by atoms with Gasteiger partial charge in [-0.25, -0.2) is 19.3 Å². The van der Waals surface area contributed by atoms with Crippen molar-refractivity contribution in [1.29, 1.82) is 0 Å². The highest BCUT2D eigenvalue weighted by Crippen LogP contribution is 2.34. The normalized spacial score (nSPS) is 24.4. The molecule has 0 spiro atoms. The number of thioether (sulfide) groups is 1. The van der Waals surface area contributed by atoms with Crippen molar-refractivity contribution in [2.24, 2.45) is 0 Å². The Hall–Kier alpha value is -2.23. The summed E-state index contributed by atoms with van der Waals surface area (Å²) in [5.74, 6) is 1.26. The first kappa shape index (κ1) is 18.8. The van der Waals surface area contributed by atoms with Gasteiger partial charge in [-0.2, -0.15) is 0 Å². The van der Waals surface area contributed by atoms with Gasteiger partial charge in [0.2, 0.25) is 0 Å². The van der Waals surface area contributed by atoms with Gasteiger partial charge in [0.1, 0.15) is 18.4 Å². The predicted molar refractivity (Wildman–Crippen MR) is 108 cm³/mol. The maximum atomic E-state index is 13.8. The number of rotatable bonds is 6. The van der Waals surface area contributed by atoms with E-state index < -0.39 is 0 Å². The molecule has 152 valence electrons. The van der Waals surface area contributed by atoms with Crippen molar-refractivity contribution in [3.63, 3.8) is 0 Å². The van der Waals surface area contributed by atoms with Crippen LogP contribution >= 0.6 is 11.8 Å². The number of halogens is 1. The Bertz CT molecular complexity index is 994. The fraction of sp³-hybridized carbons (Fsp3) is 0.450. The van der Waals surface area contributed by atoms with Crippen LogP contribution in [0, 0.1) is 5.82 Å². The second-order valence-electron chi connectivity index (χ2n) is 7.28. The van der Waals surface area contributed by atoms with E-state index >= 15 is 0 Å². The van der Waals surface area contributed by atoms with Crippen LogP contribution in [0.15, 0.2) is 41.8 Å². The lowest BCUT2D eigenvalue weighted by molar-refractivity contribution is 0.0153. The zero-order chi connectivity index (χ0) is 19.6. The van der Waals surface area contributed by atoms with Crippen molar-refractivity contribution >= 4 is 28.7 Å². The van der Waals surface area contributed by atoms with Crippen LogP contribution in [0.2, 0.25) is 0 Å². The van der Waals surface area contributed by atoms with E-state index in [-0.39, 0.29) is 24.2 Å². The van der Waals surface area contributed by atoms with E-state index in [9.17, 15) is 4.39 Å². The van der Waals surface area contributed by atoms with Gasteiger partial charge < -0.3 is 14.8 Å². The predicted octanol–water partition coefficient (Wildman–Crippen LogP) is 3.64. The smallest absolute Gasteiger partial charge is 0.167 e. The summed E-state index contributed by atoms with van der Waals surface area (Å²) >= 11 is 1.50. The summed E-state index contributed by atoms with van der Waals surface area (Å²) in [6, 6.07) is 7.10. The fourth-order valence-electron chi connectivity index (χ4n) is 3.77. The summed E-state index contributed by atoms with van der Waals surface area (Å²) in [7, 11) is 0. The van der Waals surface area contributed by atoms with E-state index in [4.69, 9.17) is 9.47 Å². The highest BCUT2D eigenvalue weighted by Gasteiger charge is 2.29. The van der Waals surface area contributed by atoms with Gasteiger partial charge in [-0.3, -0.25) is 4.57 Å². The Kier molecular flexibility index (Phi) is 5.34. The average molecular weight is 415 g/mol. The molecule has 2 aromatic heterocycles. The third kappa shape index (κ3) is 3.94. The van der Waals surface area contributed by atoms with E-state index in [2.05, 4.69) is 20.3 Å². The molecule has 2 fully saturated rings. The lowest BCUT2D eigenvalue weighted by Gasteiger charge is -2.15. The maximum Gasteiger partial charge on any atom is 0.167 e. The Morgan fingerprint density at radius 1 is 1.17 bits per heavy atom. The Balaban J connectivity index is 1.27. The largest absolute Gasteiger partial charge is 0.379 e. The van der Waals surface area contributed by atoms with Crippen LogP contribution in [0.1, 0.15) is 25.5 Å². The minimum atomic E-state index is -0.183. The molecule has 0 bridgehead atoms. The van der Waals surface area contributed by atoms with Crippen LogP contribution < -0.4 is 5.32 Å². The van der Waals surface area contributed by atoms with Crippen molar-refractivity contribution in [2.75, 3.05) is 24.3 Å². The van der Waals surface area contributed by atoms with Gasteiger partial charge in [0.25, 0.3) is 0 Å². The molecule has 5 rings (SSSR count). The second-order valence-corrected chi connectivity index (χ2v) is 8.34. The summed E-state index contributed by atoms with van der Waals surface area (Å²) in [5.41, 5.74) is 1.50. The average Bonchev–Trinajstić information content (AvgIpc) is 3.48. The van der Waals surface area contributed by atoms with Gasteiger partial charge >= 0.3 is 0 Å². The molecule has 3 atom stereocenters. The lowest BCUT2D eigenvalue weighted by atomic mass is 10.2. The first-order valence-electron chi connectivity index (χ1n) is 9.82. The number of nitrogens with one attached hydrogen (secondary N) is 1. The number of imidazole rings is 1. The number of nitrogens with zero attached hydrogens (tertiary/aromatic N) is 4. The molecule has 0 aliphatic carbocycles. The number of anilines is 1. The standard InChI is InChI=1S/C20H22FN5O2S/c21-15-3-1-2-4-16(15)29-10-14-5-6-17(28-14)26-12-24-18-19(22-11-23-20(18)26)25-13-7-8-27-9-13/h1-4,11-14,17H,5-10H2,(H,22,23,25)/t13?,14?,17-/m1/s1. The Morgan fingerprint density at radius 2 is 2.10 bits per heavy atom. The van der Waals surface area contributed by atoms with E-state index in [1.54, 1.807) is 24.8 Å². The van der Waals surface area contributed by atoms with E-state index in [0.717, 1.165) is 42.9 Å². The molecule has 9 heteroatoms. The Labute approximate surface area is 172 Å². The van der Waals surface area contributed by atoms with Crippen molar-refractivity contribution in [2.45, 2.75) is 42.5 Å². The quantitative estimate of drug-likeness (QED) is 0.616. The zero-order valence-corrected chi connectivity index (χ0v) is 16.6. The molecule has 0 saturated carbocycles. The highest BCUT2D eigenvalue weighted by molar-refractivity contribution is 7.99. The number of aromatic nitrogens is 4. The van der Waals surface area contributed by atoms with Gasteiger partial charge in [-0.05, 0) is 31.4 Å². The first-order chi connectivity index (χ1) is 14.3. The van der Waals surface area contributed by atoms with Crippen molar-refractivity contribution in [3.8, 4) is 0 Å². The molecule has 2 aliphatic rings. The molecule has 29 heavy (non-hydrogen) atoms. The summed E-state index contributed by atoms with van der Waals surface area (Å²) < 4.78 is 27.4. The number of fused-ring (bicyclic) bond motifs is 1. The second kappa shape index (κ2) is 8.25. The van der Waals surface area contributed by atoms with Gasteiger partial charge in [0.05, 0.1) is 25.1 Å². The molecule has 2 aliphatic heterocycles. The van der Waals surface area contributed by atoms with Crippen molar-refractivity contribution in [1.82, 2.24) is 19.5 Å². The minimum absolute atomic E-state index is 0.0668. The molecular formula is C20H22FN5O2S. The summed E-state index contributed by atoms with van der Waals surface area (Å²) in [4.78, 5) is 14.0. The maximum absolute atomic E-state index is 13.8. The van der Waals surface area contributed by atoms with Gasteiger partial charge in [-0.1, -0.05) is 12.1 Å². The Morgan fingerprint density at radius 3 is 2.97 bits per heavy atom. The van der Waals surface area contributed by atoms with Crippen LogP contribution in [0.25, 0.3) is 11.2 Å². The van der Waals surface area contributed by atoms with Crippen LogP contribution in [0.4, 0.5) is 10.2 Å². The summed E-state index contributed by atoms with van der Waals surface area (Å²) in [6.07, 6.45) is 6.02. The van der Waals surface area contributed by atoms with Gasteiger partial charge in [0.15, 0.2) is 17.0 Å². The van der Waals surface area contributed by atoms with Crippen LogP contribution in [-0.2, 0) is 9.47 Å². The number of hydrogen-bond acceptors (Lipinski definition) is 7. The number of ether oxygens (including phenoxy) is 2. The van der Waals surface area contributed by atoms with Crippen molar-refractivity contribution in [3.05, 3.63) is 42.7 Å². The van der Waals surface area contributed by atoms with Crippen molar-refractivity contribution < 1.29 is 13.9 Å². The monoisotopic (exact) mass is 415 g/mol. The number of hydrogen-bond donors (Lipinski definition) is 1. The molecule has 3 aromatic rings. The van der Waals surface area contributed by atoms with E-state index in [1.165, 1.54) is 17.8 Å². The highest BCUT2D eigenvalue weighted by atomic mass is 32.2. The SMILES string of the molecule is Fc1ccccc1SCC1CC[C@H](n2cnc3c(NC4CCOC4)ncnc32)O1. The molecule has 4 heterocycles. The lowest BCUT2D eigenvalue weighted by Crippen LogP contribution is -2.20. The summed E-state index contributed by atoms with van der Waals surface area (Å²) in [6.45, 7) is 1.45. The van der Waals surface area contributed by atoms with E-state index in [0.29, 0.717) is 17.3 Å². The minimum Gasteiger partial charge on any atom is -0.379 e. The van der Waals surface area contributed by atoms with Crippen LogP contribution in [0.5, 0.6) is 0 Å². The molecule has 2 saturated heterocycles. The van der Waals surface area contributed by atoms with Gasteiger partial charge in [0, 0.05) is 17.3 Å². The third-order valence-corrected chi connectivity index (χ3v) is 6.47. The van der Waals surface area contributed by atoms with Crippen LogP contribution in [0.3, 0.4) is 0 Å². The molecule has 0 amide bonds. The topological polar surface area (TPSA) is 74.1 Å². The molecule has 1 N–H and O–H groups in total. The van der Waals surface area contributed by atoms with E-state index in [1.807, 2.05) is 10.6 Å². The molecule has 1 aromatic carbocycles. The number of benzene rings is 1. The van der Waals surface area contributed by atoms with Gasteiger partial charge in [-0.15, -0.1) is 11.8 Å². The molecule has 7 nitrogen and oxygen atoms in total. The molecule has 0 radical (unpaired) electrons.